The summed E-state index contributed by atoms with van der Waals surface area (Å²) in [6.07, 6.45) is 5.40. The van der Waals surface area contributed by atoms with Crippen LogP contribution in [0.15, 0.2) is 35.9 Å². The molecular formula is C17H24N4OS. The monoisotopic (exact) mass is 332 g/mol. The van der Waals surface area contributed by atoms with Crippen LogP contribution in [0.3, 0.4) is 0 Å². The quantitative estimate of drug-likeness (QED) is 0.790. The number of pyridine rings is 1. The predicted molar refractivity (Wildman–Crippen MR) is 93.5 cm³/mol. The van der Waals surface area contributed by atoms with Crippen LogP contribution in [-0.2, 0) is 11.3 Å². The second-order valence-corrected chi connectivity index (χ2v) is 6.95. The van der Waals surface area contributed by atoms with Crippen molar-refractivity contribution in [3.63, 3.8) is 0 Å². The first-order chi connectivity index (χ1) is 11.0. The van der Waals surface area contributed by atoms with Gasteiger partial charge in [-0.1, -0.05) is 31.7 Å². The van der Waals surface area contributed by atoms with Crippen molar-refractivity contribution in [2.24, 2.45) is 0 Å². The minimum Gasteiger partial charge on any atom is -0.351 e. The highest BCUT2D eigenvalue weighted by Gasteiger charge is 2.16. The van der Waals surface area contributed by atoms with Crippen molar-refractivity contribution in [2.75, 3.05) is 5.75 Å². The SMILES string of the molecule is CC(C)c1cnc(SCC(=O)NCc2cccnc2)n1C(C)C. The molecular weight excluding hydrogens is 308 g/mol. The molecule has 0 aromatic carbocycles. The fourth-order valence-electron chi connectivity index (χ4n) is 2.29. The second kappa shape index (κ2) is 8.15. The van der Waals surface area contributed by atoms with Crippen LogP contribution in [-0.4, -0.2) is 26.2 Å². The molecule has 124 valence electrons. The summed E-state index contributed by atoms with van der Waals surface area (Å²) < 4.78 is 2.21. The van der Waals surface area contributed by atoms with Gasteiger partial charge in [0.25, 0.3) is 0 Å². The molecule has 0 unspecified atom stereocenters. The van der Waals surface area contributed by atoms with Gasteiger partial charge in [-0.2, -0.15) is 0 Å². The minimum atomic E-state index is 0.00301. The lowest BCUT2D eigenvalue weighted by atomic mass is 10.1. The highest BCUT2D eigenvalue weighted by atomic mass is 32.2. The summed E-state index contributed by atoms with van der Waals surface area (Å²) in [4.78, 5) is 20.5. The van der Waals surface area contributed by atoms with Crippen LogP contribution < -0.4 is 5.32 Å². The lowest BCUT2D eigenvalue weighted by Crippen LogP contribution is -2.24. The number of nitrogens with one attached hydrogen (secondary N) is 1. The highest BCUT2D eigenvalue weighted by Crippen LogP contribution is 2.26. The molecule has 0 spiro atoms. The number of hydrogen-bond acceptors (Lipinski definition) is 4. The Balaban J connectivity index is 1.91. The normalized spacial score (nSPS) is 11.2. The Morgan fingerprint density at radius 2 is 2.09 bits per heavy atom. The summed E-state index contributed by atoms with van der Waals surface area (Å²) in [6.45, 7) is 9.10. The van der Waals surface area contributed by atoms with Crippen LogP contribution in [0.1, 0.15) is 50.9 Å². The molecule has 2 aromatic rings. The van der Waals surface area contributed by atoms with E-state index in [0.29, 0.717) is 24.3 Å². The molecule has 0 aliphatic rings. The third-order valence-corrected chi connectivity index (χ3v) is 4.41. The van der Waals surface area contributed by atoms with E-state index in [9.17, 15) is 4.79 Å². The number of nitrogens with zero attached hydrogens (tertiary/aromatic N) is 3. The Morgan fingerprint density at radius 3 is 2.70 bits per heavy atom. The molecule has 5 nitrogen and oxygen atoms in total. The third-order valence-electron chi connectivity index (χ3n) is 3.44. The highest BCUT2D eigenvalue weighted by molar-refractivity contribution is 7.99. The van der Waals surface area contributed by atoms with Crippen molar-refractivity contribution < 1.29 is 4.79 Å². The Bertz CT molecular complexity index is 637. The average Bonchev–Trinajstić information content (AvgIpc) is 2.96. The summed E-state index contributed by atoms with van der Waals surface area (Å²) in [6, 6.07) is 4.14. The summed E-state index contributed by atoms with van der Waals surface area (Å²) in [5, 5.41) is 3.81. The van der Waals surface area contributed by atoms with E-state index in [4.69, 9.17) is 0 Å². The Morgan fingerprint density at radius 1 is 1.30 bits per heavy atom. The van der Waals surface area contributed by atoms with E-state index < -0.39 is 0 Å². The molecule has 0 radical (unpaired) electrons. The molecule has 0 saturated heterocycles. The molecule has 0 saturated carbocycles. The summed E-state index contributed by atoms with van der Waals surface area (Å²) in [7, 11) is 0. The average molecular weight is 332 g/mol. The van der Waals surface area contributed by atoms with Crippen molar-refractivity contribution in [3.05, 3.63) is 42.0 Å². The fourth-order valence-corrected chi connectivity index (χ4v) is 3.24. The first kappa shape index (κ1) is 17.5. The maximum Gasteiger partial charge on any atom is 0.230 e. The van der Waals surface area contributed by atoms with E-state index in [1.165, 1.54) is 17.5 Å². The van der Waals surface area contributed by atoms with E-state index >= 15 is 0 Å². The van der Waals surface area contributed by atoms with Gasteiger partial charge in [0.05, 0.1) is 5.75 Å². The van der Waals surface area contributed by atoms with Gasteiger partial charge in [-0.3, -0.25) is 9.78 Å². The molecule has 0 atom stereocenters. The molecule has 1 amide bonds. The minimum absolute atomic E-state index is 0.00301. The van der Waals surface area contributed by atoms with Crippen molar-refractivity contribution in [3.8, 4) is 0 Å². The Kier molecular flexibility index (Phi) is 6.21. The molecule has 0 aliphatic heterocycles. The van der Waals surface area contributed by atoms with E-state index in [2.05, 4.69) is 47.5 Å². The van der Waals surface area contributed by atoms with E-state index in [1.807, 2.05) is 18.3 Å². The molecule has 23 heavy (non-hydrogen) atoms. The van der Waals surface area contributed by atoms with E-state index in [1.54, 1.807) is 12.4 Å². The van der Waals surface area contributed by atoms with Gasteiger partial charge in [-0.25, -0.2) is 4.98 Å². The predicted octanol–water partition coefficient (Wildman–Crippen LogP) is 3.39. The zero-order chi connectivity index (χ0) is 16.8. The first-order valence-corrected chi connectivity index (χ1v) is 8.83. The number of hydrogen-bond donors (Lipinski definition) is 1. The maximum atomic E-state index is 12.0. The summed E-state index contributed by atoms with van der Waals surface area (Å²) >= 11 is 1.48. The van der Waals surface area contributed by atoms with Gasteiger partial charge in [0.2, 0.25) is 5.91 Å². The molecule has 0 bridgehead atoms. The standard InChI is InChI=1S/C17H24N4OS/c1-12(2)15-10-20-17(21(15)13(3)4)23-11-16(22)19-9-14-6-5-7-18-8-14/h5-8,10,12-13H,9,11H2,1-4H3,(H,19,22). The van der Waals surface area contributed by atoms with Gasteiger partial charge in [0.15, 0.2) is 5.16 Å². The van der Waals surface area contributed by atoms with Crippen molar-refractivity contribution in [1.82, 2.24) is 19.9 Å². The molecule has 0 aliphatic carbocycles. The van der Waals surface area contributed by atoms with E-state index in [-0.39, 0.29) is 5.91 Å². The van der Waals surface area contributed by atoms with Crippen molar-refractivity contribution >= 4 is 17.7 Å². The summed E-state index contributed by atoms with van der Waals surface area (Å²) in [5.74, 6) is 0.781. The molecule has 2 aromatic heterocycles. The van der Waals surface area contributed by atoms with Crippen LogP contribution in [0.5, 0.6) is 0 Å². The zero-order valence-corrected chi connectivity index (χ0v) is 14.9. The van der Waals surface area contributed by atoms with Gasteiger partial charge >= 0.3 is 0 Å². The number of aromatic nitrogens is 3. The molecule has 1 N–H and O–H groups in total. The number of amides is 1. The van der Waals surface area contributed by atoms with E-state index in [0.717, 1.165) is 10.7 Å². The number of carbonyl (C=O) groups is 1. The Hall–Kier alpha value is -1.82. The van der Waals surface area contributed by atoms with Crippen LogP contribution >= 0.6 is 11.8 Å². The van der Waals surface area contributed by atoms with Crippen LogP contribution in [0.4, 0.5) is 0 Å². The lowest BCUT2D eigenvalue weighted by Gasteiger charge is -2.17. The van der Waals surface area contributed by atoms with Crippen molar-refractivity contribution in [1.29, 1.82) is 0 Å². The van der Waals surface area contributed by atoms with Gasteiger partial charge < -0.3 is 9.88 Å². The molecule has 2 heterocycles. The third kappa shape index (κ3) is 4.82. The fraction of sp³-hybridized carbons (Fsp3) is 0.471. The lowest BCUT2D eigenvalue weighted by molar-refractivity contribution is -0.118. The zero-order valence-electron chi connectivity index (χ0n) is 14.1. The van der Waals surface area contributed by atoms with Gasteiger partial charge in [-0.15, -0.1) is 0 Å². The molecule has 0 fully saturated rings. The first-order valence-electron chi connectivity index (χ1n) is 7.84. The number of thioether (sulfide) groups is 1. The smallest absolute Gasteiger partial charge is 0.230 e. The largest absolute Gasteiger partial charge is 0.351 e. The van der Waals surface area contributed by atoms with Crippen LogP contribution in [0.2, 0.25) is 0 Å². The maximum absolute atomic E-state index is 12.0. The van der Waals surface area contributed by atoms with Crippen molar-refractivity contribution in [2.45, 2.75) is 51.4 Å². The molecule has 6 heteroatoms. The van der Waals surface area contributed by atoms with Gasteiger partial charge in [0.1, 0.15) is 0 Å². The van der Waals surface area contributed by atoms with Gasteiger partial charge in [-0.05, 0) is 31.4 Å². The number of rotatable bonds is 7. The topological polar surface area (TPSA) is 59.8 Å². The number of carbonyl (C=O) groups excluding carboxylic acids is 1. The van der Waals surface area contributed by atoms with Gasteiger partial charge in [0, 0.05) is 36.9 Å². The molecule has 2 rings (SSSR count). The Labute approximate surface area is 141 Å². The summed E-state index contributed by atoms with van der Waals surface area (Å²) in [5.41, 5.74) is 2.20. The van der Waals surface area contributed by atoms with Crippen LogP contribution in [0.25, 0.3) is 0 Å². The van der Waals surface area contributed by atoms with Crippen LogP contribution in [0, 0.1) is 0 Å². The number of imidazole rings is 1. The second-order valence-electron chi connectivity index (χ2n) is 6.01.